The number of benzene rings is 2. The van der Waals surface area contributed by atoms with Gasteiger partial charge in [0.1, 0.15) is 0 Å². The molecule has 0 fully saturated rings. The summed E-state index contributed by atoms with van der Waals surface area (Å²) in [5.74, 6) is -0.476. The standard InChI is InChI=1S/C17H19NO3S/c1-14-7-5-6-10-16(14)18-17(19)11-12-22(20,21)13-15-8-3-2-4-9-15/h2-10H,11-13H2,1H3,(H,18,19). The Morgan fingerprint density at radius 1 is 1.00 bits per heavy atom. The van der Waals surface area contributed by atoms with Crippen molar-refractivity contribution in [3.63, 3.8) is 0 Å². The van der Waals surface area contributed by atoms with Crippen molar-refractivity contribution in [3.8, 4) is 0 Å². The fourth-order valence-electron chi connectivity index (χ4n) is 2.07. The first-order valence-corrected chi connectivity index (χ1v) is 8.88. The fourth-order valence-corrected chi connectivity index (χ4v) is 3.42. The van der Waals surface area contributed by atoms with Gasteiger partial charge in [0.15, 0.2) is 9.84 Å². The van der Waals surface area contributed by atoms with Gasteiger partial charge in [0.05, 0.1) is 11.5 Å². The number of rotatable bonds is 6. The van der Waals surface area contributed by atoms with Gasteiger partial charge in [-0.2, -0.15) is 0 Å². The molecule has 0 aliphatic carbocycles. The van der Waals surface area contributed by atoms with Gasteiger partial charge in [-0.3, -0.25) is 4.79 Å². The van der Waals surface area contributed by atoms with E-state index in [2.05, 4.69) is 5.32 Å². The average molecular weight is 317 g/mol. The Morgan fingerprint density at radius 2 is 1.64 bits per heavy atom. The van der Waals surface area contributed by atoms with Crippen LogP contribution in [0.2, 0.25) is 0 Å². The van der Waals surface area contributed by atoms with Gasteiger partial charge in [0, 0.05) is 12.1 Å². The molecular weight excluding hydrogens is 298 g/mol. The van der Waals surface area contributed by atoms with Gasteiger partial charge >= 0.3 is 0 Å². The van der Waals surface area contributed by atoms with E-state index in [4.69, 9.17) is 0 Å². The zero-order valence-corrected chi connectivity index (χ0v) is 13.3. The predicted molar refractivity (Wildman–Crippen MR) is 88.4 cm³/mol. The SMILES string of the molecule is Cc1ccccc1NC(=O)CCS(=O)(=O)Cc1ccccc1. The van der Waals surface area contributed by atoms with E-state index < -0.39 is 9.84 Å². The molecule has 0 aliphatic rings. The highest BCUT2D eigenvalue weighted by atomic mass is 32.2. The number of aryl methyl sites for hydroxylation is 1. The first kappa shape index (κ1) is 16.2. The Balaban J connectivity index is 1.89. The van der Waals surface area contributed by atoms with Gasteiger partial charge < -0.3 is 5.32 Å². The highest BCUT2D eigenvalue weighted by molar-refractivity contribution is 7.90. The van der Waals surface area contributed by atoms with Crippen molar-refractivity contribution in [2.75, 3.05) is 11.1 Å². The van der Waals surface area contributed by atoms with Crippen molar-refractivity contribution in [2.45, 2.75) is 19.1 Å². The molecule has 2 rings (SSSR count). The molecule has 22 heavy (non-hydrogen) atoms. The Bertz CT molecular complexity index is 740. The van der Waals surface area contributed by atoms with E-state index in [1.165, 1.54) is 0 Å². The highest BCUT2D eigenvalue weighted by Gasteiger charge is 2.15. The zero-order chi connectivity index (χ0) is 16.0. The molecule has 5 heteroatoms. The van der Waals surface area contributed by atoms with Crippen LogP contribution in [0.25, 0.3) is 0 Å². The van der Waals surface area contributed by atoms with Crippen molar-refractivity contribution in [3.05, 3.63) is 65.7 Å². The minimum atomic E-state index is -3.29. The van der Waals surface area contributed by atoms with Crippen LogP contribution in [-0.4, -0.2) is 20.1 Å². The maximum Gasteiger partial charge on any atom is 0.225 e. The quantitative estimate of drug-likeness (QED) is 0.891. The fraction of sp³-hybridized carbons (Fsp3) is 0.235. The lowest BCUT2D eigenvalue weighted by molar-refractivity contribution is -0.115. The second-order valence-corrected chi connectivity index (χ2v) is 7.37. The lowest BCUT2D eigenvalue weighted by Gasteiger charge is -2.08. The van der Waals surface area contributed by atoms with E-state index >= 15 is 0 Å². The molecule has 0 radical (unpaired) electrons. The van der Waals surface area contributed by atoms with Crippen LogP contribution in [0.1, 0.15) is 17.5 Å². The molecule has 4 nitrogen and oxygen atoms in total. The van der Waals surface area contributed by atoms with Gasteiger partial charge in [-0.25, -0.2) is 8.42 Å². The molecule has 0 aliphatic heterocycles. The Labute approximate surface area is 131 Å². The topological polar surface area (TPSA) is 63.2 Å². The maximum atomic E-state index is 12.0. The molecule has 0 bridgehead atoms. The van der Waals surface area contributed by atoms with Crippen molar-refractivity contribution < 1.29 is 13.2 Å². The highest BCUT2D eigenvalue weighted by Crippen LogP contribution is 2.14. The lowest BCUT2D eigenvalue weighted by atomic mass is 10.2. The van der Waals surface area contributed by atoms with E-state index in [-0.39, 0.29) is 23.8 Å². The first-order valence-electron chi connectivity index (χ1n) is 7.06. The molecule has 0 spiro atoms. The molecule has 2 aromatic carbocycles. The molecule has 0 heterocycles. The van der Waals surface area contributed by atoms with Crippen LogP contribution in [0.3, 0.4) is 0 Å². The number of anilines is 1. The maximum absolute atomic E-state index is 12.0. The average Bonchev–Trinajstić information content (AvgIpc) is 2.48. The minimum Gasteiger partial charge on any atom is -0.326 e. The number of hydrogen-bond acceptors (Lipinski definition) is 3. The van der Waals surface area contributed by atoms with Crippen molar-refractivity contribution in [1.29, 1.82) is 0 Å². The molecule has 2 aromatic rings. The Morgan fingerprint density at radius 3 is 2.32 bits per heavy atom. The van der Waals surface area contributed by atoms with Crippen LogP contribution < -0.4 is 5.32 Å². The van der Waals surface area contributed by atoms with Crippen LogP contribution in [0.4, 0.5) is 5.69 Å². The minimum absolute atomic E-state index is 0.0362. The molecule has 0 saturated carbocycles. The number of sulfone groups is 1. The third-order valence-electron chi connectivity index (χ3n) is 3.29. The number of hydrogen-bond donors (Lipinski definition) is 1. The van der Waals surface area contributed by atoms with Gasteiger partial charge in [0.2, 0.25) is 5.91 Å². The van der Waals surface area contributed by atoms with Gasteiger partial charge in [-0.15, -0.1) is 0 Å². The lowest BCUT2D eigenvalue weighted by Crippen LogP contribution is -2.18. The van der Waals surface area contributed by atoms with Crippen molar-refractivity contribution in [1.82, 2.24) is 0 Å². The van der Waals surface area contributed by atoms with Gasteiger partial charge in [0.25, 0.3) is 0 Å². The van der Waals surface area contributed by atoms with Crippen LogP contribution in [0.15, 0.2) is 54.6 Å². The summed E-state index contributed by atoms with van der Waals surface area (Å²) in [5, 5.41) is 2.74. The van der Waals surface area contributed by atoms with Crippen molar-refractivity contribution >= 4 is 21.4 Å². The van der Waals surface area contributed by atoms with Crippen LogP contribution >= 0.6 is 0 Å². The molecular formula is C17H19NO3S. The number of carbonyl (C=O) groups is 1. The summed E-state index contributed by atoms with van der Waals surface area (Å²) >= 11 is 0. The van der Waals surface area contributed by atoms with E-state index in [1.54, 1.807) is 30.3 Å². The smallest absolute Gasteiger partial charge is 0.225 e. The molecule has 0 unspecified atom stereocenters. The molecule has 0 saturated heterocycles. The molecule has 1 N–H and O–H groups in total. The third-order valence-corrected chi connectivity index (χ3v) is 4.89. The van der Waals surface area contributed by atoms with Crippen LogP contribution in [-0.2, 0) is 20.4 Å². The number of amides is 1. The Kier molecular flexibility index (Phi) is 5.33. The summed E-state index contributed by atoms with van der Waals surface area (Å²) in [6.45, 7) is 1.89. The summed E-state index contributed by atoms with van der Waals surface area (Å²) in [5.41, 5.74) is 2.40. The number of para-hydroxylation sites is 1. The summed E-state index contributed by atoms with van der Waals surface area (Å²) in [7, 11) is -3.29. The van der Waals surface area contributed by atoms with E-state index in [9.17, 15) is 13.2 Å². The second kappa shape index (κ2) is 7.22. The third kappa shape index (κ3) is 5.00. The normalized spacial score (nSPS) is 11.1. The van der Waals surface area contributed by atoms with Crippen LogP contribution in [0, 0.1) is 6.92 Å². The van der Waals surface area contributed by atoms with E-state index in [1.807, 2.05) is 31.2 Å². The predicted octanol–water partition coefficient (Wildman–Crippen LogP) is 2.94. The van der Waals surface area contributed by atoms with Crippen molar-refractivity contribution in [2.24, 2.45) is 0 Å². The first-order chi connectivity index (χ1) is 10.5. The summed E-state index contributed by atoms with van der Waals surface area (Å²) in [4.78, 5) is 11.9. The molecule has 116 valence electrons. The molecule has 1 amide bonds. The van der Waals surface area contributed by atoms with E-state index in [0.29, 0.717) is 5.69 Å². The summed E-state index contributed by atoms with van der Waals surface area (Å²) < 4.78 is 24.1. The molecule has 0 aromatic heterocycles. The summed E-state index contributed by atoms with van der Waals surface area (Å²) in [6.07, 6.45) is -0.0382. The van der Waals surface area contributed by atoms with E-state index in [0.717, 1.165) is 11.1 Å². The summed E-state index contributed by atoms with van der Waals surface area (Å²) in [6, 6.07) is 16.4. The second-order valence-electron chi connectivity index (χ2n) is 5.19. The number of nitrogens with one attached hydrogen (secondary N) is 1. The number of carbonyl (C=O) groups excluding carboxylic acids is 1. The monoisotopic (exact) mass is 317 g/mol. The zero-order valence-electron chi connectivity index (χ0n) is 12.5. The molecule has 0 atom stereocenters. The van der Waals surface area contributed by atoms with Gasteiger partial charge in [-0.1, -0.05) is 48.5 Å². The van der Waals surface area contributed by atoms with Gasteiger partial charge in [-0.05, 0) is 24.1 Å². The van der Waals surface area contributed by atoms with Crippen LogP contribution in [0.5, 0.6) is 0 Å². The Hall–Kier alpha value is -2.14. The largest absolute Gasteiger partial charge is 0.326 e.